The molecule has 1 aromatic carbocycles. The van der Waals surface area contributed by atoms with Crippen molar-refractivity contribution in [2.24, 2.45) is 0 Å². The molecule has 0 aliphatic carbocycles. The van der Waals surface area contributed by atoms with Gasteiger partial charge in [-0.25, -0.2) is 0 Å². The molecule has 100 valence electrons. The van der Waals surface area contributed by atoms with E-state index in [1.807, 2.05) is 12.1 Å². The third-order valence-corrected chi connectivity index (χ3v) is 4.01. The molecule has 2 heterocycles. The molecule has 0 unspecified atom stereocenters. The van der Waals surface area contributed by atoms with E-state index in [9.17, 15) is 0 Å². The molecule has 1 aliphatic rings. The molecule has 1 aliphatic heterocycles. The molecule has 19 heavy (non-hydrogen) atoms. The van der Waals surface area contributed by atoms with Gasteiger partial charge in [-0.2, -0.15) is 0 Å². The fourth-order valence-corrected chi connectivity index (χ4v) is 2.73. The molecular weight excluding hydrogens is 286 g/mol. The van der Waals surface area contributed by atoms with Crippen molar-refractivity contribution in [1.82, 2.24) is 10.2 Å². The SMILES string of the molecule is CCc1nnc(NCc2cc(Cl)c3c(c2)OCO3)s1. The van der Waals surface area contributed by atoms with Crippen molar-refractivity contribution in [3.8, 4) is 11.5 Å². The van der Waals surface area contributed by atoms with E-state index in [0.29, 0.717) is 23.1 Å². The number of nitrogens with one attached hydrogen (secondary N) is 1. The predicted octanol–water partition coefficient (Wildman–Crippen LogP) is 3.09. The van der Waals surface area contributed by atoms with Gasteiger partial charge in [0.05, 0.1) is 5.02 Å². The van der Waals surface area contributed by atoms with E-state index >= 15 is 0 Å². The third kappa shape index (κ3) is 2.59. The maximum Gasteiger partial charge on any atom is 0.231 e. The first-order valence-electron chi connectivity index (χ1n) is 5.90. The number of hydrogen-bond donors (Lipinski definition) is 1. The van der Waals surface area contributed by atoms with Crippen LogP contribution in [0.4, 0.5) is 5.13 Å². The van der Waals surface area contributed by atoms with Crippen molar-refractivity contribution >= 4 is 28.1 Å². The molecule has 5 nitrogen and oxygen atoms in total. The molecule has 3 rings (SSSR count). The van der Waals surface area contributed by atoms with Gasteiger partial charge in [0.15, 0.2) is 11.5 Å². The van der Waals surface area contributed by atoms with E-state index in [1.165, 1.54) is 0 Å². The topological polar surface area (TPSA) is 56.3 Å². The van der Waals surface area contributed by atoms with E-state index in [4.69, 9.17) is 21.1 Å². The summed E-state index contributed by atoms with van der Waals surface area (Å²) in [5.41, 5.74) is 1.02. The van der Waals surface area contributed by atoms with Crippen LogP contribution in [0, 0.1) is 0 Å². The van der Waals surface area contributed by atoms with Crippen LogP contribution < -0.4 is 14.8 Å². The molecule has 0 bridgehead atoms. The van der Waals surface area contributed by atoms with E-state index in [1.54, 1.807) is 11.3 Å². The largest absolute Gasteiger partial charge is 0.454 e. The average Bonchev–Trinajstić information content (AvgIpc) is 3.05. The number of rotatable bonds is 4. The van der Waals surface area contributed by atoms with Crippen LogP contribution in [0.3, 0.4) is 0 Å². The molecule has 0 saturated carbocycles. The molecule has 1 aromatic heterocycles. The van der Waals surface area contributed by atoms with Gasteiger partial charge in [0.25, 0.3) is 0 Å². The first kappa shape index (κ1) is 12.5. The number of benzene rings is 1. The van der Waals surface area contributed by atoms with Gasteiger partial charge in [0.1, 0.15) is 5.01 Å². The summed E-state index contributed by atoms with van der Waals surface area (Å²) in [7, 11) is 0. The minimum atomic E-state index is 0.224. The first-order valence-corrected chi connectivity index (χ1v) is 7.10. The number of halogens is 1. The summed E-state index contributed by atoms with van der Waals surface area (Å²) in [5.74, 6) is 1.31. The minimum absolute atomic E-state index is 0.224. The van der Waals surface area contributed by atoms with Crippen LogP contribution in [0.2, 0.25) is 5.02 Å². The number of hydrogen-bond acceptors (Lipinski definition) is 6. The quantitative estimate of drug-likeness (QED) is 0.940. The second-order valence-corrected chi connectivity index (χ2v) is 5.49. The van der Waals surface area contributed by atoms with Gasteiger partial charge < -0.3 is 14.8 Å². The summed E-state index contributed by atoms with van der Waals surface area (Å²) in [5, 5.41) is 13.7. The fourth-order valence-electron chi connectivity index (χ4n) is 1.77. The number of ether oxygens (including phenoxy) is 2. The molecule has 0 fully saturated rings. The van der Waals surface area contributed by atoms with Crippen LogP contribution in [0.1, 0.15) is 17.5 Å². The first-order chi connectivity index (χ1) is 9.26. The Morgan fingerprint density at radius 3 is 3.05 bits per heavy atom. The van der Waals surface area contributed by atoms with Gasteiger partial charge in [-0.05, 0) is 24.1 Å². The highest BCUT2D eigenvalue weighted by Gasteiger charge is 2.18. The average molecular weight is 298 g/mol. The van der Waals surface area contributed by atoms with Crippen LogP contribution in [-0.2, 0) is 13.0 Å². The normalized spacial score (nSPS) is 12.7. The lowest BCUT2D eigenvalue weighted by Crippen LogP contribution is -1.99. The number of fused-ring (bicyclic) bond motifs is 1. The standard InChI is InChI=1S/C12H12ClN3O2S/c1-2-10-15-16-12(19-10)14-5-7-3-8(13)11-9(4-7)17-6-18-11/h3-4H,2,5-6H2,1H3,(H,14,16). The van der Waals surface area contributed by atoms with Gasteiger partial charge in [0, 0.05) is 6.54 Å². The Morgan fingerprint density at radius 1 is 1.37 bits per heavy atom. The zero-order valence-corrected chi connectivity index (χ0v) is 11.8. The van der Waals surface area contributed by atoms with Crippen LogP contribution in [0.25, 0.3) is 0 Å². The molecule has 1 N–H and O–H groups in total. The smallest absolute Gasteiger partial charge is 0.231 e. The van der Waals surface area contributed by atoms with Gasteiger partial charge in [-0.3, -0.25) is 0 Å². The highest BCUT2D eigenvalue weighted by Crippen LogP contribution is 2.39. The van der Waals surface area contributed by atoms with E-state index < -0.39 is 0 Å². The summed E-state index contributed by atoms with van der Waals surface area (Å²) in [6.45, 7) is 2.90. The maximum absolute atomic E-state index is 6.12. The van der Waals surface area contributed by atoms with Gasteiger partial charge >= 0.3 is 0 Å². The van der Waals surface area contributed by atoms with Gasteiger partial charge in [-0.15, -0.1) is 10.2 Å². The van der Waals surface area contributed by atoms with Crippen molar-refractivity contribution in [1.29, 1.82) is 0 Å². The third-order valence-electron chi connectivity index (χ3n) is 2.70. The zero-order valence-electron chi connectivity index (χ0n) is 10.3. The Morgan fingerprint density at radius 2 is 2.26 bits per heavy atom. The molecule has 2 aromatic rings. The summed E-state index contributed by atoms with van der Waals surface area (Å²) < 4.78 is 10.6. The van der Waals surface area contributed by atoms with Crippen LogP contribution in [-0.4, -0.2) is 17.0 Å². The van der Waals surface area contributed by atoms with E-state index in [2.05, 4.69) is 22.4 Å². The number of aromatic nitrogens is 2. The second kappa shape index (κ2) is 5.22. The Balaban J connectivity index is 1.72. The lowest BCUT2D eigenvalue weighted by molar-refractivity contribution is 0.174. The fraction of sp³-hybridized carbons (Fsp3) is 0.333. The Kier molecular flexibility index (Phi) is 3.44. The summed E-state index contributed by atoms with van der Waals surface area (Å²) >= 11 is 7.68. The zero-order chi connectivity index (χ0) is 13.2. The van der Waals surface area contributed by atoms with Crippen molar-refractivity contribution in [3.63, 3.8) is 0 Å². The predicted molar refractivity (Wildman–Crippen MR) is 74.2 cm³/mol. The van der Waals surface area contributed by atoms with E-state index in [-0.39, 0.29) is 6.79 Å². The molecule has 0 radical (unpaired) electrons. The Labute approximate surface area is 119 Å². The van der Waals surface area contributed by atoms with Crippen LogP contribution in [0.15, 0.2) is 12.1 Å². The highest BCUT2D eigenvalue weighted by atomic mass is 35.5. The van der Waals surface area contributed by atoms with Gasteiger partial charge in [0.2, 0.25) is 11.9 Å². The monoisotopic (exact) mass is 297 g/mol. The second-order valence-electron chi connectivity index (χ2n) is 4.02. The summed E-state index contributed by atoms with van der Waals surface area (Å²) in [6, 6.07) is 3.78. The maximum atomic E-state index is 6.12. The van der Waals surface area contributed by atoms with Crippen LogP contribution >= 0.6 is 22.9 Å². The molecule has 0 amide bonds. The summed E-state index contributed by atoms with van der Waals surface area (Å²) in [6.07, 6.45) is 0.898. The Bertz CT molecular complexity index is 603. The van der Waals surface area contributed by atoms with Crippen molar-refractivity contribution in [2.75, 3.05) is 12.1 Å². The highest BCUT2D eigenvalue weighted by molar-refractivity contribution is 7.15. The number of nitrogens with zero attached hydrogens (tertiary/aromatic N) is 2. The van der Waals surface area contributed by atoms with Crippen molar-refractivity contribution in [2.45, 2.75) is 19.9 Å². The number of aryl methyl sites for hydroxylation is 1. The molecule has 0 spiro atoms. The number of anilines is 1. The minimum Gasteiger partial charge on any atom is -0.454 e. The van der Waals surface area contributed by atoms with Crippen LogP contribution in [0.5, 0.6) is 11.5 Å². The van der Waals surface area contributed by atoms with E-state index in [0.717, 1.165) is 22.1 Å². The molecular formula is C12H12ClN3O2S. The van der Waals surface area contributed by atoms with Crippen molar-refractivity contribution < 1.29 is 9.47 Å². The van der Waals surface area contributed by atoms with Gasteiger partial charge in [-0.1, -0.05) is 29.9 Å². The lowest BCUT2D eigenvalue weighted by atomic mass is 10.2. The molecule has 0 saturated heterocycles. The lowest BCUT2D eigenvalue weighted by Gasteiger charge is -2.05. The molecule has 0 atom stereocenters. The summed E-state index contributed by atoms with van der Waals surface area (Å²) in [4.78, 5) is 0. The molecule has 7 heteroatoms. The Hall–Kier alpha value is -1.53. The van der Waals surface area contributed by atoms with Crippen molar-refractivity contribution in [3.05, 3.63) is 27.7 Å².